The van der Waals surface area contributed by atoms with Gasteiger partial charge in [0.15, 0.2) is 0 Å². The zero-order valence-electron chi connectivity index (χ0n) is 11.0. The van der Waals surface area contributed by atoms with Gasteiger partial charge in [0.1, 0.15) is 0 Å². The molecule has 0 aliphatic heterocycles. The lowest BCUT2D eigenvalue weighted by Crippen LogP contribution is -2.43. The normalized spacial score (nSPS) is 22.1. The van der Waals surface area contributed by atoms with E-state index in [1.807, 2.05) is 12.1 Å². The first-order valence-corrected chi connectivity index (χ1v) is 6.60. The molecule has 0 heterocycles. The van der Waals surface area contributed by atoms with Crippen molar-refractivity contribution in [2.45, 2.75) is 56.9 Å². The lowest BCUT2D eigenvalue weighted by Gasteiger charge is -2.37. The second-order valence-corrected chi connectivity index (χ2v) is 5.79. The van der Waals surface area contributed by atoms with Gasteiger partial charge < -0.3 is 5.73 Å². The molecule has 3 heteroatoms. The van der Waals surface area contributed by atoms with Gasteiger partial charge in [-0.3, -0.25) is 0 Å². The standard InChI is InChI=1S/C15H21F2N/c1-11(2)12-4-3-5-13(10-12)14(18)6-8-15(16,17)9-7-14/h3-5,10-11H,6-9,18H2,1-2H3. The molecule has 100 valence electrons. The molecule has 1 fully saturated rings. The van der Waals surface area contributed by atoms with E-state index in [1.165, 1.54) is 5.56 Å². The third-order valence-electron chi connectivity index (χ3n) is 4.00. The van der Waals surface area contributed by atoms with Crippen LogP contribution in [0, 0.1) is 0 Å². The van der Waals surface area contributed by atoms with Crippen LogP contribution in [0.2, 0.25) is 0 Å². The van der Waals surface area contributed by atoms with E-state index in [2.05, 4.69) is 26.0 Å². The fraction of sp³-hybridized carbons (Fsp3) is 0.600. The van der Waals surface area contributed by atoms with Gasteiger partial charge in [0.2, 0.25) is 5.92 Å². The van der Waals surface area contributed by atoms with Crippen LogP contribution in [0.5, 0.6) is 0 Å². The number of hydrogen-bond acceptors (Lipinski definition) is 1. The Hall–Kier alpha value is -0.960. The molecule has 0 spiro atoms. The highest BCUT2D eigenvalue weighted by Gasteiger charge is 2.42. The van der Waals surface area contributed by atoms with Gasteiger partial charge >= 0.3 is 0 Å². The van der Waals surface area contributed by atoms with Crippen LogP contribution in [0.25, 0.3) is 0 Å². The quantitative estimate of drug-likeness (QED) is 0.841. The van der Waals surface area contributed by atoms with E-state index in [0.717, 1.165) is 5.56 Å². The minimum Gasteiger partial charge on any atom is -0.321 e. The zero-order chi connectivity index (χ0) is 13.4. The second kappa shape index (κ2) is 4.61. The number of hydrogen-bond donors (Lipinski definition) is 1. The highest BCUT2D eigenvalue weighted by molar-refractivity contribution is 5.31. The molecular formula is C15H21F2N. The summed E-state index contributed by atoms with van der Waals surface area (Å²) in [5.41, 5.74) is 7.98. The van der Waals surface area contributed by atoms with Gasteiger partial charge in [-0.2, -0.15) is 0 Å². The Morgan fingerprint density at radius 1 is 1.11 bits per heavy atom. The first kappa shape index (κ1) is 13.5. The first-order chi connectivity index (χ1) is 8.32. The number of halogens is 2. The highest BCUT2D eigenvalue weighted by atomic mass is 19.3. The number of nitrogens with two attached hydrogens (primary N) is 1. The van der Waals surface area contributed by atoms with Gasteiger partial charge in [-0.05, 0) is 29.9 Å². The summed E-state index contributed by atoms with van der Waals surface area (Å²) in [6.07, 6.45) is 0.522. The van der Waals surface area contributed by atoms with Crippen LogP contribution in [0.1, 0.15) is 56.6 Å². The van der Waals surface area contributed by atoms with Crippen LogP contribution < -0.4 is 5.73 Å². The Morgan fingerprint density at radius 3 is 2.28 bits per heavy atom. The Morgan fingerprint density at radius 2 is 1.72 bits per heavy atom. The van der Waals surface area contributed by atoms with Crippen molar-refractivity contribution in [3.05, 3.63) is 35.4 Å². The van der Waals surface area contributed by atoms with E-state index in [1.54, 1.807) is 0 Å². The van der Waals surface area contributed by atoms with Crippen LogP contribution in [0.3, 0.4) is 0 Å². The summed E-state index contributed by atoms with van der Waals surface area (Å²) >= 11 is 0. The summed E-state index contributed by atoms with van der Waals surface area (Å²) in [6, 6.07) is 8.09. The zero-order valence-corrected chi connectivity index (χ0v) is 11.0. The smallest absolute Gasteiger partial charge is 0.248 e. The molecule has 0 amide bonds. The Balaban J connectivity index is 2.23. The second-order valence-electron chi connectivity index (χ2n) is 5.79. The molecule has 1 nitrogen and oxygen atoms in total. The van der Waals surface area contributed by atoms with Crippen molar-refractivity contribution in [3.8, 4) is 0 Å². The third kappa shape index (κ3) is 2.72. The Labute approximate surface area is 107 Å². The molecule has 0 bridgehead atoms. The first-order valence-electron chi connectivity index (χ1n) is 6.60. The van der Waals surface area contributed by atoms with Gasteiger partial charge in [0.25, 0.3) is 0 Å². The van der Waals surface area contributed by atoms with Gasteiger partial charge in [-0.1, -0.05) is 38.1 Å². The predicted molar refractivity (Wildman–Crippen MR) is 69.8 cm³/mol. The molecule has 1 saturated carbocycles. The van der Waals surface area contributed by atoms with Crippen LogP contribution in [-0.2, 0) is 5.54 Å². The molecule has 1 aromatic rings. The monoisotopic (exact) mass is 253 g/mol. The average Bonchev–Trinajstić information content (AvgIpc) is 2.34. The highest BCUT2D eigenvalue weighted by Crippen LogP contribution is 2.42. The minimum absolute atomic E-state index is 0.102. The topological polar surface area (TPSA) is 26.0 Å². The molecule has 0 unspecified atom stereocenters. The largest absolute Gasteiger partial charge is 0.321 e. The van der Waals surface area contributed by atoms with E-state index >= 15 is 0 Å². The van der Waals surface area contributed by atoms with E-state index in [9.17, 15) is 8.78 Å². The Bertz CT molecular complexity index is 416. The SMILES string of the molecule is CC(C)c1cccc(C2(N)CCC(F)(F)CC2)c1. The summed E-state index contributed by atoms with van der Waals surface area (Å²) in [5.74, 6) is -2.10. The fourth-order valence-corrected chi connectivity index (χ4v) is 2.56. The van der Waals surface area contributed by atoms with E-state index in [0.29, 0.717) is 18.8 Å². The Kier molecular flexibility index (Phi) is 3.45. The molecule has 0 saturated heterocycles. The summed E-state index contributed by atoms with van der Waals surface area (Å²) in [5, 5.41) is 0. The van der Waals surface area contributed by atoms with Crippen LogP contribution in [-0.4, -0.2) is 5.92 Å². The van der Waals surface area contributed by atoms with Crippen molar-refractivity contribution in [1.82, 2.24) is 0 Å². The molecule has 18 heavy (non-hydrogen) atoms. The average molecular weight is 253 g/mol. The predicted octanol–water partition coefficient (Wildman–Crippen LogP) is 4.17. The number of benzene rings is 1. The van der Waals surface area contributed by atoms with E-state index in [-0.39, 0.29) is 12.8 Å². The van der Waals surface area contributed by atoms with Gasteiger partial charge in [0, 0.05) is 18.4 Å². The van der Waals surface area contributed by atoms with Gasteiger partial charge in [-0.15, -0.1) is 0 Å². The maximum atomic E-state index is 13.2. The maximum Gasteiger partial charge on any atom is 0.248 e. The molecule has 2 N–H and O–H groups in total. The summed E-state index contributed by atoms with van der Waals surface area (Å²) in [4.78, 5) is 0. The van der Waals surface area contributed by atoms with Crippen LogP contribution in [0.4, 0.5) is 8.78 Å². The molecule has 1 aliphatic rings. The van der Waals surface area contributed by atoms with Crippen molar-refractivity contribution in [1.29, 1.82) is 0 Å². The third-order valence-corrected chi connectivity index (χ3v) is 4.00. The number of rotatable bonds is 2. The molecule has 1 aliphatic carbocycles. The van der Waals surface area contributed by atoms with Crippen molar-refractivity contribution in [2.75, 3.05) is 0 Å². The van der Waals surface area contributed by atoms with Gasteiger partial charge in [-0.25, -0.2) is 8.78 Å². The molecule has 2 rings (SSSR count). The van der Waals surface area contributed by atoms with Crippen molar-refractivity contribution < 1.29 is 8.78 Å². The molecule has 0 radical (unpaired) electrons. The van der Waals surface area contributed by atoms with E-state index in [4.69, 9.17) is 5.73 Å². The number of alkyl halides is 2. The van der Waals surface area contributed by atoms with E-state index < -0.39 is 11.5 Å². The van der Waals surface area contributed by atoms with Crippen molar-refractivity contribution >= 4 is 0 Å². The molecule has 1 aromatic carbocycles. The summed E-state index contributed by atoms with van der Waals surface area (Å²) in [6.45, 7) is 4.24. The van der Waals surface area contributed by atoms with Crippen LogP contribution in [0.15, 0.2) is 24.3 Å². The lowest BCUT2D eigenvalue weighted by molar-refractivity contribution is -0.0514. The van der Waals surface area contributed by atoms with Crippen LogP contribution >= 0.6 is 0 Å². The maximum absolute atomic E-state index is 13.2. The molecular weight excluding hydrogens is 232 g/mol. The fourth-order valence-electron chi connectivity index (χ4n) is 2.56. The summed E-state index contributed by atoms with van der Waals surface area (Å²) in [7, 11) is 0. The molecule has 0 aromatic heterocycles. The molecule has 0 atom stereocenters. The summed E-state index contributed by atoms with van der Waals surface area (Å²) < 4.78 is 26.4. The lowest BCUT2D eigenvalue weighted by atomic mass is 9.75. The van der Waals surface area contributed by atoms with Crippen molar-refractivity contribution in [3.63, 3.8) is 0 Å². The van der Waals surface area contributed by atoms with Gasteiger partial charge in [0.05, 0.1) is 0 Å². The minimum atomic E-state index is -2.53. The van der Waals surface area contributed by atoms with Crippen molar-refractivity contribution in [2.24, 2.45) is 5.73 Å².